The average Bonchev–Trinajstić information content (AvgIpc) is 2.57. The second-order valence-corrected chi connectivity index (χ2v) is 5.19. The van der Waals surface area contributed by atoms with E-state index in [1.807, 2.05) is 30.3 Å². The minimum absolute atomic E-state index is 0. The van der Waals surface area contributed by atoms with Crippen LogP contribution in [0.15, 0.2) is 46.1 Å². The van der Waals surface area contributed by atoms with Crippen LogP contribution in [-0.2, 0) is 13.5 Å². The molecule has 1 aromatic carbocycles. The topological polar surface area (TPSA) is 101 Å². The van der Waals surface area contributed by atoms with Crippen molar-refractivity contribution in [2.24, 2.45) is 12.8 Å². The van der Waals surface area contributed by atoms with Crippen LogP contribution in [0.3, 0.4) is 0 Å². The number of aromatic amines is 1. The van der Waals surface area contributed by atoms with Crippen LogP contribution in [0.1, 0.15) is 15.9 Å². The van der Waals surface area contributed by atoms with Gasteiger partial charge in [-0.25, -0.2) is 4.79 Å². The van der Waals surface area contributed by atoms with Crippen molar-refractivity contribution in [1.29, 1.82) is 0 Å². The van der Waals surface area contributed by atoms with E-state index in [0.717, 1.165) is 10.1 Å². The van der Waals surface area contributed by atoms with E-state index in [1.54, 1.807) is 0 Å². The number of nitrogens with one attached hydrogen (secondary N) is 1. The molecule has 0 aliphatic rings. The fourth-order valence-electron chi connectivity index (χ4n) is 2.27. The molecule has 3 N–H and O–H groups in total. The minimum Gasteiger partial charge on any atom is -0.337 e. The molecule has 0 spiro atoms. The molecule has 7 nitrogen and oxygen atoms in total. The zero-order chi connectivity index (χ0) is 16.8. The van der Waals surface area contributed by atoms with Crippen molar-refractivity contribution in [3.63, 3.8) is 0 Å². The summed E-state index contributed by atoms with van der Waals surface area (Å²) in [5.74, 6) is -0.428. The van der Waals surface area contributed by atoms with Gasteiger partial charge in [-0.15, -0.1) is 12.4 Å². The Bertz CT molecular complexity index is 786. The molecule has 0 radical (unpaired) electrons. The quantitative estimate of drug-likeness (QED) is 0.772. The second-order valence-electron chi connectivity index (χ2n) is 5.19. The summed E-state index contributed by atoms with van der Waals surface area (Å²) in [6.45, 7) is 1.08. The molecule has 0 unspecified atom stereocenters. The number of halogens is 1. The Labute approximate surface area is 145 Å². The molecular formula is C16H21ClN4O3. The summed E-state index contributed by atoms with van der Waals surface area (Å²) >= 11 is 0. The zero-order valence-corrected chi connectivity index (χ0v) is 14.2. The monoisotopic (exact) mass is 352 g/mol. The number of nitrogens with zero attached hydrogens (tertiary/aromatic N) is 2. The standard InChI is InChI=1S/C16H20N4O3.ClH/c1-19-14(21)13(11-18-16(19)23)15(22)20(10-8-17)9-7-12-5-3-2-4-6-12;/h2-6,11H,7-10,17H2,1H3,(H,18,23);1H. The number of carbonyl (C=O) groups is 1. The first-order valence-electron chi connectivity index (χ1n) is 7.36. The van der Waals surface area contributed by atoms with Crippen LogP contribution in [-0.4, -0.2) is 40.0 Å². The summed E-state index contributed by atoms with van der Waals surface area (Å²) in [6, 6.07) is 9.74. The van der Waals surface area contributed by atoms with Crippen molar-refractivity contribution in [3.05, 3.63) is 68.5 Å². The summed E-state index contributed by atoms with van der Waals surface area (Å²) in [6.07, 6.45) is 1.83. The van der Waals surface area contributed by atoms with E-state index in [9.17, 15) is 14.4 Å². The molecule has 0 bridgehead atoms. The molecule has 0 atom stereocenters. The highest BCUT2D eigenvalue weighted by Crippen LogP contribution is 2.04. The van der Waals surface area contributed by atoms with Gasteiger partial charge < -0.3 is 15.6 Å². The maximum absolute atomic E-state index is 12.6. The lowest BCUT2D eigenvalue weighted by molar-refractivity contribution is 0.0759. The summed E-state index contributed by atoms with van der Waals surface area (Å²) in [5.41, 5.74) is 5.44. The predicted molar refractivity (Wildman–Crippen MR) is 94.7 cm³/mol. The molecule has 2 aromatic rings. The third-order valence-corrected chi connectivity index (χ3v) is 3.61. The van der Waals surface area contributed by atoms with E-state index in [2.05, 4.69) is 4.98 Å². The summed E-state index contributed by atoms with van der Waals surface area (Å²) in [4.78, 5) is 40.0. The largest absolute Gasteiger partial charge is 0.337 e. The Morgan fingerprint density at radius 3 is 2.50 bits per heavy atom. The van der Waals surface area contributed by atoms with Crippen LogP contribution in [0.4, 0.5) is 0 Å². The van der Waals surface area contributed by atoms with Crippen LogP contribution in [0, 0.1) is 0 Å². The number of aromatic nitrogens is 2. The molecule has 0 saturated carbocycles. The molecule has 1 aromatic heterocycles. The van der Waals surface area contributed by atoms with E-state index in [1.165, 1.54) is 18.1 Å². The van der Waals surface area contributed by atoms with Gasteiger partial charge in [0, 0.05) is 32.9 Å². The maximum atomic E-state index is 12.6. The Morgan fingerprint density at radius 1 is 1.21 bits per heavy atom. The number of rotatable bonds is 6. The van der Waals surface area contributed by atoms with Crippen LogP contribution in [0.25, 0.3) is 0 Å². The second kappa shape index (κ2) is 9.05. The van der Waals surface area contributed by atoms with Gasteiger partial charge in [-0.1, -0.05) is 30.3 Å². The van der Waals surface area contributed by atoms with Crippen LogP contribution < -0.4 is 17.0 Å². The van der Waals surface area contributed by atoms with Crippen LogP contribution >= 0.6 is 12.4 Å². The zero-order valence-electron chi connectivity index (χ0n) is 13.4. The number of nitrogens with two attached hydrogens (primary N) is 1. The molecule has 0 aliphatic carbocycles. The molecule has 2 rings (SSSR count). The van der Waals surface area contributed by atoms with Crippen molar-refractivity contribution in [1.82, 2.24) is 14.5 Å². The Morgan fingerprint density at radius 2 is 1.88 bits per heavy atom. The van der Waals surface area contributed by atoms with E-state index < -0.39 is 17.2 Å². The smallest absolute Gasteiger partial charge is 0.328 e. The predicted octanol–water partition coefficient (Wildman–Crippen LogP) is 0.139. The lowest BCUT2D eigenvalue weighted by atomic mass is 10.1. The lowest BCUT2D eigenvalue weighted by Gasteiger charge is -2.22. The van der Waals surface area contributed by atoms with Gasteiger partial charge in [0.25, 0.3) is 11.5 Å². The summed E-state index contributed by atoms with van der Waals surface area (Å²) in [5, 5.41) is 0. The highest BCUT2D eigenvalue weighted by atomic mass is 35.5. The van der Waals surface area contributed by atoms with Crippen LogP contribution in [0.2, 0.25) is 0 Å². The average molecular weight is 353 g/mol. The lowest BCUT2D eigenvalue weighted by Crippen LogP contribution is -2.43. The first-order chi connectivity index (χ1) is 11.0. The van der Waals surface area contributed by atoms with Crippen molar-refractivity contribution < 1.29 is 4.79 Å². The van der Waals surface area contributed by atoms with Gasteiger partial charge in [-0.05, 0) is 12.0 Å². The SMILES string of the molecule is Cl.Cn1c(=O)[nH]cc(C(=O)N(CCN)CCc2ccccc2)c1=O. The van der Waals surface area contributed by atoms with E-state index in [0.29, 0.717) is 26.1 Å². The van der Waals surface area contributed by atoms with E-state index in [4.69, 9.17) is 5.73 Å². The van der Waals surface area contributed by atoms with Crippen LogP contribution in [0.5, 0.6) is 0 Å². The van der Waals surface area contributed by atoms with E-state index >= 15 is 0 Å². The van der Waals surface area contributed by atoms with Gasteiger partial charge in [0.2, 0.25) is 0 Å². The number of carbonyl (C=O) groups excluding carboxylic acids is 1. The van der Waals surface area contributed by atoms with Gasteiger partial charge in [-0.3, -0.25) is 14.2 Å². The molecule has 130 valence electrons. The van der Waals surface area contributed by atoms with Gasteiger partial charge in [0.05, 0.1) is 0 Å². The number of hydrogen-bond donors (Lipinski definition) is 2. The molecule has 24 heavy (non-hydrogen) atoms. The number of benzene rings is 1. The fraction of sp³-hybridized carbons (Fsp3) is 0.312. The number of H-pyrrole nitrogens is 1. The molecular weight excluding hydrogens is 332 g/mol. The summed E-state index contributed by atoms with van der Waals surface area (Å²) in [7, 11) is 1.33. The number of hydrogen-bond acceptors (Lipinski definition) is 4. The van der Waals surface area contributed by atoms with Gasteiger partial charge in [0.15, 0.2) is 0 Å². The molecule has 1 amide bonds. The van der Waals surface area contributed by atoms with Gasteiger partial charge in [0.1, 0.15) is 5.56 Å². The highest BCUT2D eigenvalue weighted by Gasteiger charge is 2.19. The van der Waals surface area contributed by atoms with Crippen molar-refractivity contribution in [3.8, 4) is 0 Å². The normalized spacial score (nSPS) is 10.1. The molecule has 1 heterocycles. The minimum atomic E-state index is -0.611. The Balaban J connectivity index is 0.00000288. The first kappa shape index (κ1) is 19.7. The Kier molecular flexibility index (Phi) is 7.41. The van der Waals surface area contributed by atoms with Gasteiger partial charge in [-0.2, -0.15) is 0 Å². The number of amides is 1. The first-order valence-corrected chi connectivity index (χ1v) is 7.36. The maximum Gasteiger partial charge on any atom is 0.328 e. The van der Waals surface area contributed by atoms with Gasteiger partial charge >= 0.3 is 5.69 Å². The fourth-order valence-corrected chi connectivity index (χ4v) is 2.27. The van der Waals surface area contributed by atoms with Crippen molar-refractivity contribution in [2.45, 2.75) is 6.42 Å². The molecule has 0 saturated heterocycles. The summed E-state index contributed by atoms with van der Waals surface area (Å²) < 4.78 is 0.880. The highest BCUT2D eigenvalue weighted by molar-refractivity contribution is 5.93. The molecule has 0 aliphatic heterocycles. The van der Waals surface area contributed by atoms with Crippen molar-refractivity contribution >= 4 is 18.3 Å². The third kappa shape index (κ3) is 4.56. The molecule has 8 heteroatoms. The van der Waals surface area contributed by atoms with Crippen molar-refractivity contribution in [2.75, 3.05) is 19.6 Å². The molecule has 0 fully saturated rings. The third-order valence-electron chi connectivity index (χ3n) is 3.61. The van der Waals surface area contributed by atoms with E-state index in [-0.39, 0.29) is 18.0 Å². The Hall–Kier alpha value is -2.38.